The summed E-state index contributed by atoms with van der Waals surface area (Å²) in [5, 5.41) is 0.514. The van der Waals surface area contributed by atoms with Gasteiger partial charge in [0.15, 0.2) is 0 Å². The van der Waals surface area contributed by atoms with Crippen molar-refractivity contribution in [1.29, 1.82) is 0 Å². The van der Waals surface area contributed by atoms with Gasteiger partial charge in [0.2, 0.25) is 5.91 Å². The number of halogens is 1. The molecule has 6 heteroatoms. The van der Waals surface area contributed by atoms with Gasteiger partial charge in [-0.25, -0.2) is 9.79 Å². The zero-order valence-corrected chi connectivity index (χ0v) is 11.1. The molecular formula is C14H10ClN3O2. The number of dihydropyridines is 1. The summed E-state index contributed by atoms with van der Waals surface area (Å²) >= 11 is 6.05. The van der Waals surface area contributed by atoms with Crippen molar-refractivity contribution in [2.45, 2.75) is 6.54 Å². The van der Waals surface area contributed by atoms with Crippen LogP contribution in [0, 0.1) is 5.92 Å². The predicted octanol–water partition coefficient (Wildman–Crippen LogP) is 2.46. The van der Waals surface area contributed by atoms with E-state index in [0.29, 0.717) is 10.6 Å². The molecule has 1 aromatic rings. The Morgan fingerprint density at radius 2 is 2.05 bits per heavy atom. The number of imide groups is 1. The second-order valence-corrected chi connectivity index (χ2v) is 4.82. The Labute approximate surface area is 120 Å². The summed E-state index contributed by atoms with van der Waals surface area (Å²) in [5.41, 5.74) is 0.706. The summed E-state index contributed by atoms with van der Waals surface area (Å²) in [6.07, 6.45) is 4.87. The van der Waals surface area contributed by atoms with Gasteiger partial charge in [0, 0.05) is 11.2 Å². The van der Waals surface area contributed by atoms with E-state index in [1.165, 1.54) is 6.21 Å². The van der Waals surface area contributed by atoms with E-state index in [0.717, 1.165) is 4.90 Å². The monoisotopic (exact) mass is 287 g/mol. The third-order valence-electron chi connectivity index (χ3n) is 3.13. The number of carbonyl (C=O) groups is 2. The molecule has 100 valence electrons. The number of fused-ring (bicyclic) bond motifs is 1. The molecule has 1 aromatic carbocycles. The van der Waals surface area contributed by atoms with E-state index in [1.807, 2.05) is 0 Å². The van der Waals surface area contributed by atoms with Crippen LogP contribution >= 0.6 is 11.6 Å². The molecule has 0 spiro atoms. The first-order valence-electron chi connectivity index (χ1n) is 6.05. The van der Waals surface area contributed by atoms with Crippen LogP contribution in [-0.4, -0.2) is 28.9 Å². The standard InChI is InChI=1S/C14H10ClN3O2/c15-11-6-2-1-4-9(11)8-18-13(19)10-5-3-7-16-12(10)17-14(18)20/h1-7,10H,8H2. The number of amidine groups is 1. The lowest BCUT2D eigenvalue weighted by atomic mass is 10.0. The third kappa shape index (κ3) is 2.16. The molecule has 2 aliphatic rings. The average molecular weight is 288 g/mol. The topological polar surface area (TPSA) is 62.1 Å². The van der Waals surface area contributed by atoms with Gasteiger partial charge in [0.1, 0.15) is 11.8 Å². The number of aliphatic imine (C=N–C) groups is 2. The van der Waals surface area contributed by atoms with Crippen molar-refractivity contribution in [2.75, 3.05) is 0 Å². The smallest absolute Gasteiger partial charge is 0.273 e. The van der Waals surface area contributed by atoms with E-state index < -0.39 is 11.9 Å². The molecule has 0 radical (unpaired) electrons. The summed E-state index contributed by atoms with van der Waals surface area (Å²) in [5.74, 6) is -0.661. The van der Waals surface area contributed by atoms with Crippen LogP contribution in [0.15, 0.2) is 46.4 Å². The van der Waals surface area contributed by atoms with E-state index in [1.54, 1.807) is 36.4 Å². The third-order valence-corrected chi connectivity index (χ3v) is 3.50. The molecule has 0 bridgehead atoms. The van der Waals surface area contributed by atoms with E-state index in [4.69, 9.17) is 11.6 Å². The molecule has 0 aromatic heterocycles. The molecule has 0 fully saturated rings. The van der Waals surface area contributed by atoms with Crippen LogP contribution in [0.2, 0.25) is 5.02 Å². The minimum absolute atomic E-state index is 0.113. The van der Waals surface area contributed by atoms with Gasteiger partial charge >= 0.3 is 6.03 Å². The number of hydrogen-bond donors (Lipinski definition) is 0. The van der Waals surface area contributed by atoms with Gasteiger partial charge in [-0.15, -0.1) is 0 Å². The van der Waals surface area contributed by atoms with Crippen LogP contribution < -0.4 is 0 Å². The second-order valence-electron chi connectivity index (χ2n) is 4.41. The zero-order valence-electron chi connectivity index (χ0n) is 10.4. The van der Waals surface area contributed by atoms with Crippen LogP contribution in [0.5, 0.6) is 0 Å². The second kappa shape index (κ2) is 5.02. The Kier molecular flexibility index (Phi) is 3.20. The van der Waals surface area contributed by atoms with Gasteiger partial charge in [0.25, 0.3) is 0 Å². The largest absolute Gasteiger partial charge is 0.352 e. The quantitative estimate of drug-likeness (QED) is 0.839. The van der Waals surface area contributed by atoms with Gasteiger partial charge < -0.3 is 0 Å². The number of allylic oxidation sites excluding steroid dienone is 1. The molecule has 0 aliphatic carbocycles. The molecule has 0 saturated carbocycles. The van der Waals surface area contributed by atoms with Crippen LogP contribution in [-0.2, 0) is 11.3 Å². The zero-order chi connectivity index (χ0) is 14.1. The Bertz CT molecular complexity index is 679. The van der Waals surface area contributed by atoms with Crippen molar-refractivity contribution in [3.05, 3.63) is 47.0 Å². The van der Waals surface area contributed by atoms with Gasteiger partial charge in [-0.3, -0.25) is 9.69 Å². The summed E-state index contributed by atoms with van der Waals surface area (Å²) in [4.78, 5) is 33.2. The first-order valence-corrected chi connectivity index (χ1v) is 6.43. The van der Waals surface area contributed by atoms with Gasteiger partial charge in [0.05, 0.1) is 6.54 Å². The van der Waals surface area contributed by atoms with Gasteiger partial charge in [-0.2, -0.15) is 4.99 Å². The minimum atomic E-state index is -0.603. The molecule has 3 amide bonds. The highest BCUT2D eigenvalue weighted by molar-refractivity contribution is 6.31. The number of hydrogen-bond acceptors (Lipinski definition) is 3. The molecule has 2 heterocycles. The fourth-order valence-corrected chi connectivity index (χ4v) is 2.30. The van der Waals surface area contributed by atoms with Crippen molar-refractivity contribution < 1.29 is 9.59 Å². The molecule has 1 atom stereocenters. The number of carbonyl (C=O) groups excluding carboxylic acids is 2. The van der Waals surface area contributed by atoms with E-state index in [9.17, 15) is 9.59 Å². The lowest BCUT2D eigenvalue weighted by Gasteiger charge is -2.27. The Hall–Kier alpha value is -2.27. The molecular weight excluding hydrogens is 278 g/mol. The first kappa shape index (κ1) is 12.7. The van der Waals surface area contributed by atoms with Gasteiger partial charge in [-0.05, 0) is 17.7 Å². The van der Waals surface area contributed by atoms with E-state index >= 15 is 0 Å². The number of benzene rings is 1. The summed E-state index contributed by atoms with van der Waals surface area (Å²) in [6.45, 7) is 0.113. The number of nitrogens with zero attached hydrogens (tertiary/aromatic N) is 3. The SMILES string of the molecule is O=C1N=C2N=CC=CC2C(=O)N1Cc1ccccc1Cl. The Balaban J connectivity index is 1.91. The summed E-state index contributed by atoms with van der Waals surface area (Å²) in [7, 11) is 0. The molecule has 20 heavy (non-hydrogen) atoms. The highest BCUT2D eigenvalue weighted by atomic mass is 35.5. The normalized spacial score (nSPS) is 20.9. The number of rotatable bonds is 2. The van der Waals surface area contributed by atoms with Crippen molar-refractivity contribution >= 4 is 35.6 Å². The molecule has 3 rings (SSSR count). The van der Waals surface area contributed by atoms with E-state index in [2.05, 4.69) is 9.98 Å². The predicted molar refractivity (Wildman–Crippen MR) is 76.0 cm³/mol. The van der Waals surface area contributed by atoms with Crippen LogP contribution in [0.3, 0.4) is 0 Å². The average Bonchev–Trinajstić information content (AvgIpc) is 2.45. The van der Waals surface area contributed by atoms with Crippen molar-refractivity contribution in [1.82, 2.24) is 4.90 Å². The molecule has 0 N–H and O–H groups in total. The number of urea groups is 1. The maximum Gasteiger partial charge on any atom is 0.352 e. The number of amides is 3. The highest BCUT2D eigenvalue weighted by Gasteiger charge is 2.36. The van der Waals surface area contributed by atoms with Crippen LogP contribution in [0.25, 0.3) is 0 Å². The minimum Gasteiger partial charge on any atom is -0.273 e. The highest BCUT2D eigenvalue weighted by Crippen LogP contribution is 2.23. The molecule has 1 unspecified atom stereocenters. The summed E-state index contributed by atoms with van der Waals surface area (Å²) in [6, 6.07) is 6.49. The fourth-order valence-electron chi connectivity index (χ4n) is 2.10. The van der Waals surface area contributed by atoms with Crippen LogP contribution in [0.4, 0.5) is 4.79 Å². The molecule has 5 nitrogen and oxygen atoms in total. The lowest BCUT2D eigenvalue weighted by molar-refractivity contribution is -0.129. The maximum absolute atomic E-state index is 12.3. The first-order chi connectivity index (χ1) is 9.66. The summed E-state index contributed by atoms with van der Waals surface area (Å²) < 4.78 is 0. The molecule has 0 saturated heterocycles. The fraction of sp³-hybridized carbons (Fsp3) is 0.143. The van der Waals surface area contributed by atoms with Crippen molar-refractivity contribution in [3.63, 3.8) is 0 Å². The molecule has 2 aliphatic heterocycles. The van der Waals surface area contributed by atoms with Crippen molar-refractivity contribution in [2.24, 2.45) is 15.9 Å². The Morgan fingerprint density at radius 1 is 1.25 bits per heavy atom. The van der Waals surface area contributed by atoms with Crippen molar-refractivity contribution in [3.8, 4) is 0 Å². The van der Waals surface area contributed by atoms with Gasteiger partial charge in [-0.1, -0.05) is 35.9 Å². The maximum atomic E-state index is 12.3. The van der Waals surface area contributed by atoms with E-state index in [-0.39, 0.29) is 18.3 Å². The lowest BCUT2D eigenvalue weighted by Crippen LogP contribution is -2.45. The Morgan fingerprint density at radius 3 is 2.85 bits per heavy atom. The van der Waals surface area contributed by atoms with Crippen LogP contribution in [0.1, 0.15) is 5.56 Å².